The third kappa shape index (κ3) is 3.46. The third-order valence-corrected chi connectivity index (χ3v) is 3.53. The number of ether oxygens (including phenoxy) is 1. The van der Waals surface area contributed by atoms with E-state index >= 15 is 0 Å². The molecule has 0 aromatic rings. The maximum atomic E-state index is 11.9. The second kappa shape index (κ2) is 6.21. The van der Waals surface area contributed by atoms with Gasteiger partial charge in [-0.2, -0.15) is 0 Å². The fourth-order valence-electron chi connectivity index (χ4n) is 2.44. The monoisotopic (exact) mass is 226 g/mol. The van der Waals surface area contributed by atoms with Crippen molar-refractivity contribution in [3.63, 3.8) is 0 Å². The van der Waals surface area contributed by atoms with Crippen molar-refractivity contribution in [3.05, 3.63) is 0 Å². The van der Waals surface area contributed by atoms with Gasteiger partial charge in [-0.15, -0.1) is 0 Å². The normalized spacial score (nSPS) is 27.6. The van der Waals surface area contributed by atoms with Crippen LogP contribution in [0.5, 0.6) is 0 Å². The average Bonchev–Trinajstić information content (AvgIpc) is 2.38. The lowest BCUT2D eigenvalue weighted by molar-refractivity contribution is -0.126. The minimum atomic E-state index is 0.228. The van der Waals surface area contributed by atoms with Gasteiger partial charge in [0.2, 0.25) is 5.91 Å². The largest absolute Gasteiger partial charge is 0.381 e. The van der Waals surface area contributed by atoms with E-state index in [0.29, 0.717) is 5.92 Å². The molecule has 2 heterocycles. The van der Waals surface area contributed by atoms with Gasteiger partial charge in [0.1, 0.15) is 0 Å². The van der Waals surface area contributed by atoms with Crippen molar-refractivity contribution in [1.82, 2.24) is 10.6 Å². The van der Waals surface area contributed by atoms with Crippen LogP contribution in [0.15, 0.2) is 0 Å². The van der Waals surface area contributed by atoms with Crippen molar-refractivity contribution in [2.75, 3.05) is 32.8 Å². The first-order chi connectivity index (χ1) is 7.86. The first kappa shape index (κ1) is 11.9. The lowest BCUT2D eigenvalue weighted by Crippen LogP contribution is -2.40. The van der Waals surface area contributed by atoms with Crippen LogP contribution >= 0.6 is 0 Å². The first-order valence-electron chi connectivity index (χ1n) is 6.42. The highest BCUT2D eigenvalue weighted by Gasteiger charge is 2.22. The number of amides is 1. The van der Waals surface area contributed by atoms with Crippen LogP contribution in [0.2, 0.25) is 0 Å². The highest BCUT2D eigenvalue weighted by atomic mass is 16.5. The molecular weight excluding hydrogens is 204 g/mol. The maximum absolute atomic E-state index is 11.9. The van der Waals surface area contributed by atoms with E-state index in [2.05, 4.69) is 10.6 Å². The van der Waals surface area contributed by atoms with Gasteiger partial charge in [0.05, 0.1) is 6.61 Å². The van der Waals surface area contributed by atoms with E-state index in [9.17, 15) is 4.79 Å². The maximum Gasteiger partial charge on any atom is 0.223 e. The standard InChI is InChI=1S/C12H22N2O2/c15-12(11-3-5-13-6-4-11)14-8-10-2-1-7-16-9-10/h10-11,13H,1-9H2,(H,14,15). The Morgan fingerprint density at radius 1 is 1.31 bits per heavy atom. The highest BCUT2D eigenvalue weighted by Crippen LogP contribution is 2.14. The molecule has 2 rings (SSSR count). The molecule has 0 aromatic heterocycles. The summed E-state index contributed by atoms with van der Waals surface area (Å²) in [7, 11) is 0. The molecule has 4 heteroatoms. The van der Waals surface area contributed by atoms with Crippen molar-refractivity contribution in [2.24, 2.45) is 11.8 Å². The van der Waals surface area contributed by atoms with E-state index in [1.807, 2.05) is 0 Å². The highest BCUT2D eigenvalue weighted by molar-refractivity contribution is 5.78. The van der Waals surface area contributed by atoms with E-state index in [4.69, 9.17) is 4.74 Å². The predicted octanol–water partition coefficient (Wildman–Crippen LogP) is 0.529. The third-order valence-electron chi connectivity index (χ3n) is 3.53. The SMILES string of the molecule is O=C(NCC1CCCOC1)C1CCNCC1. The Labute approximate surface area is 97.1 Å². The molecule has 4 nitrogen and oxygen atoms in total. The minimum absolute atomic E-state index is 0.228. The van der Waals surface area contributed by atoms with Crippen LogP contribution in [0.3, 0.4) is 0 Å². The Bertz CT molecular complexity index is 221. The zero-order valence-corrected chi connectivity index (χ0v) is 9.84. The van der Waals surface area contributed by atoms with Crippen molar-refractivity contribution < 1.29 is 9.53 Å². The number of piperidine rings is 1. The Morgan fingerprint density at radius 3 is 2.81 bits per heavy atom. The van der Waals surface area contributed by atoms with Crippen molar-refractivity contribution in [3.8, 4) is 0 Å². The van der Waals surface area contributed by atoms with Gasteiger partial charge in [-0.25, -0.2) is 0 Å². The molecule has 2 aliphatic heterocycles. The van der Waals surface area contributed by atoms with Crippen molar-refractivity contribution in [1.29, 1.82) is 0 Å². The van der Waals surface area contributed by atoms with E-state index in [0.717, 1.165) is 52.1 Å². The zero-order chi connectivity index (χ0) is 11.2. The van der Waals surface area contributed by atoms with E-state index in [1.54, 1.807) is 0 Å². The number of rotatable bonds is 3. The van der Waals surface area contributed by atoms with E-state index < -0.39 is 0 Å². The molecule has 0 radical (unpaired) electrons. The van der Waals surface area contributed by atoms with Gasteiger partial charge < -0.3 is 15.4 Å². The Balaban J connectivity index is 1.65. The van der Waals surface area contributed by atoms with Crippen LogP contribution in [0, 0.1) is 11.8 Å². The molecule has 2 aliphatic rings. The fourth-order valence-corrected chi connectivity index (χ4v) is 2.44. The predicted molar refractivity (Wildman–Crippen MR) is 62.1 cm³/mol. The van der Waals surface area contributed by atoms with Crippen LogP contribution in [0.4, 0.5) is 0 Å². The topological polar surface area (TPSA) is 50.4 Å². The fraction of sp³-hybridized carbons (Fsp3) is 0.917. The van der Waals surface area contributed by atoms with Gasteiger partial charge in [0.15, 0.2) is 0 Å². The molecule has 0 spiro atoms. The second-order valence-corrected chi connectivity index (χ2v) is 4.85. The average molecular weight is 226 g/mol. The summed E-state index contributed by atoms with van der Waals surface area (Å²) >= 11 is 0. The summed E-state index contributed by atoms with van der Waals surface area (Å²) in [5.74, 6) is 0.997. The number of carbonyl (C=O) groups is 1. The molecule has 92 valence electrons. The molecule has 2 fully saturated rings. The van der Waals surface area contributed by atoms with Gasteiger partial charge in [0.25, 0.3) is 0 Å². The van der Waals surface area contributed by atoms with Gasteiger partial charge in [-0.05, 0) is 44.7 Å². The smallest absolute Gasteiger partial charge is 0.223 e. The summed E-state index contributed by atoms with van der Waals surface area (Å²) in [6.45, 7) is 4.45. The molecule has 0 bridgehead atoms. The molecule has 2 N–H and O–H groups in total. The Kier molecular flexibility index (Phi) is 4.60. The zero-order valence-electron chi connectivity index (χ0n) is 9.84. The van der Waals surface area contributed by atoms with Gasteiger partial charge in [0, 0.05) is 19.1 Å². The van der Waals surface area contributed by atoms with E-state index in [1.165, 1.54) is 6.42 Å². The number of hydrogen-bond donors (Lipinski definition) is 2. The van der Waals surface area contributed by atoms with Crippen LogP contribution in [0.1, 0.15) is 25.7 Å². The second-order valence-electron chi connectivity index (χ2n) is 4.85. The number of carbonyl (C=O) groups excluding carboxylic acids is 1. The summed E-state index contributed by atoms with van der Waals surface area (Å²) < 4.78 is 5.40. The van der Waals surface area contributed by atoms with Gasteiger partial charge in [-0.3, -0.25) is 4.79 Å². The van der Waals surface area contributed by atoms with Gasteiger partial charge >= 0.3 is 0 Å². The molecule has 1 unspecified atom stereocenters. The molecular formula is C12H22N2O2. The van der Waals surface area contributed by atoms with Crippen molar-refractivity contribution >= 4 is 5.91 Å². The summed E-state index contributed by atoms with van der Waals surface area (Å²) in [6.07, 6.45) is 4.28. The molecule has 2 saturated heterocycles. The molecule has 16 heavy (non-hydrogen) atoms. The lowest BCUT2D eigenvalue weighted by Gasteiger charge is -2.25. The van der Waals surface area contributed by atoms with E-state index in [-0.39, 0.29) is 11.8 Å². The summed E-state index contributed by atoms with van der Waals surface area (Å²) in [5, 5.41) is 6.35. The summed E-state index contributed by atoms with van der Waals surface area (Å²) in [6, 6.07) is 0. The van der Waals surface area contributed by atoms with Gasteiger partial charge in [-0.1, -0.05) is 0 Å². The summed E-state index contributed by atoms with van der Waals surface area (Å²) in [5.41, 5.74) is 0. The molecule has 0 saturated carbocycles. The van der Waals surface area contributed by atoms with Crippen LogP contribution < -0.4 is 10.6 Å². The van der Waals surface area contributed by atoms with Crippen LogP contribution in [-0.4, -0.2) is 38.8 Å². The quantitative estimate of drug-likeness (QED) is 0.738. The molecule has 0 aliphatic carbocycles. The molecule has 1 atom stereocenters. The van der Waals surface area contributed by atoms with Crippen molar-refractivity contribution in [2.45, 2.75) is 25.7 Å². The van der Waals surface area contributed by atoms with Crippen LogP contribution in [-0.2, 0) is 9.53 Å². The molecule has 1 amide bonds. The number of hydrogen-bond acceptors (Lipinski definition) is 3. The first-order valence-corrected chi connectivity index (χ1v) is 6.42. The number of nitrogens with one attached hydrogen (secondary N) is 2. The summed E-state index contributed by atoms with van der Waals surface area (Å²) in [4.78, 5) is 11.9. The van der Waals surface area contributed by atoms with Crippen LogP contribution in [0.25, 0.3) is 0 Å². The molecule has 0 aromatic carbocycles. The minimum Gasteiger partial charge on any atom is -0.381 e. The Morgan fingerprint density at radius 2 is 2.12 bits per heavy atom. The lowest BCUT2D eigenvalue weighted by atomic mass is 9.96. The Hall–Kier alpha value is -0.610.